The number of hydrogen-bond donors (Lipinski definition) is 0. The Balaban J connectivity index is 0.000000165. The minimum atomic E-state index is -0.825. The molecule has 0 N–H and O–H groups in total. The first-order valence-corrected chi connectivity index (χ1v) is 17.8. The van der Waals surface area contributed by atoms with E-state index >= 15 is 0 Å². The molecule has 5 saturated carbocycles. The summed E-state index contributed by atoms with van der Waals surface area (Å²) in [6, 6.07) is 3.29. The van der Waals surface area contributed by atoms with Gasteiger partial charge in [-0.15, -0.1) is 0 Å². The van der Waals surface area contributed by atoms with Gasteiger partial charge in [-0.1, -0.05) is 56.7 Å². The molecule has 0 saturated heterocycles. The smallest absolute Gasteiger partial charge is 0.200 e. The molecule has 0 unspecified atom stereocenters. The first kappa shape index (κ1) is 31.1. The van der Waals surface area contributed by atoms with Crippen LogP contribution in [0.1, 0.15) is 147 Å². The van der Waals surface area contributed by atoms with Crippen molar-refractivity contribution >= 4 is 0 Å². The van der Waals surface area contributed by atoms with Gasteiger partial charge in [0.05, 0.1) is 6.61 Å². The van der Waals surface area contributed by atoms with Crippen LogP contribution in [0.4, 0.5) is 8.78 Å². The van der Waals surface area contributed by atoms with E-state index in [9.17, 15) is 8.78 Å². The number of benzene rings is 1. The average molecular weight is 569 g/mol. The number of allylic oxidation sites excluding steroid dienone is 2. The monoisotopic (exact) mass is 568 g/mol. The lowest BCUT2D eigenvalue weighted by atomic mass is 9.67. The summed E-state index contributed by atoms with van der Waals surface area (Å²) in [5, 5.41) is 0. The van der Waals surface area contributed by atoms with E-state index in [1.807, 2.05) is 0 Å². The SMILES string of the molecule is C/C=C/C1CCC(C2CCC(C3CCCC3)CC2)CC1.CCOc1ccc(C2CCC(CC3CC3)CC2)c(F)c1F. The molecule has 0 atom stereocenters. The Morgan fingerprint density at radius 3 is 1.68 bits per heavy atom. The van der Waals surface area contributed by atoms with Crippen molar-refractivity contribution in [1.29, 1.82) is 0 Å². The van der Waals surface area contributed by atoms with Crippen LogP contribution in [-0.4, -0.2) is 6.61 Å². The second-order valence-electron chi connectivity index (χ2n) is 14.5. The molecule has 1 aromatic rings. The van der Waals surface area contributed by atoms with Crippen LogP contribution in [-0.2, 0) is 0 Å². The molecule has 0 bridgehead atoms. The topological polar surface area (TPSA) is 9.23 Å². The van der Waals surface area contributed by atoms with Gasteiger partial charge in [-0.05, 0) is 156 Å². The summed E-state index contributed by atoms with van der Waals surface area (Å²) in [5.41, 5.74) is 0.542. The molecule has 0 radical (unpaired) electrons. The lowest BCUT2D eigenvalue weighted by Crippen LogP contribution is -2.27. The fraction of sp³-hybridized carbons (Fsp3) is 0.789. The number of rotatable bonds is 8. The molecule has 1 nitrogen and oxygen atoms in total. The van der Waals surface area contributed by atoms with Crippen molar-refractivity contribution in [3.8, 4) is 5.75 Å². The summed E-state index contributed by atoms with van der Waals surface area (Å²) >= 11 is 0. The van der Waals surface area contributed by atoms with Crippen molar-refractivity contribution in [1.82, 2.24) is 0 Å². The predicted octanol–water partition coefficient (Wildman–Crippen LogP) is 11.8. The maximum Gasteiger partial charge on any atom is 0.200 e. The lowest BCUT2D eigenvalue weighted by Gasteiger charge is -2.39. The second-order valence-corrected chi connectivity index (χ2v) is 14.5. The number of hydrogen-bond acceptors (Lipinski definition) is 1. The van der Waals surface area contributed by atoms with Crippen LogP contribution in [0.2, 0.25) is 0 Å². The summed E-state index contributed by atoms with van der Waals surface area (Å²) in [6.07, 6.45) is 31.6. The Hall–Kier alpha value is -1.38. The summed E-state index contributed by atoms with van der Waals surface area (Å²) < 4.78 is 33.3. The van der Waals surface area contributed by atoms with Crippen molar-refractivity contribution in [2.45, 2.75) is 142 Å². The van der Waals surface area contributed by atoms with E-state index in [1.165, 1.54) is 57.8 Å². The highest BCUT2D eigenvalue weighted by molar-refractivity contribution is 5.33. The van der Waals surface area contributed by atoms with Crippen LogP contribution < -0.4 is 4.74 Å². The first-order valence-electron chi connectivity index (χ1n) is 17.8. The summed E-state index contributed by atoms with van der Waals surface area (Å²) in [6.45, 7) is 4.30. The quantitative estimate of drug-likeness (QED) is 0.283. The van der Waals surface area contributed by atoms with E-state index in [1.54, 1.807) is 57.6 Å². The maximum absolute atomic E-state index is 14.2. The molecule has 6 rings (SSSR count). The van der Waals surface area contributed by atoms with Gasteiger partial charge < -0.3 is 4.74 Å². The van der Waals surface area contributed by atoms with Gasteiger partial charge in [0.1, 0.15) is 0 Å². The molecule has 41 heavy (non-hydrogen) atoms. The fourth-order valence-electron chi connectivity index (χ4n) is 9.26. The molecule has 3 heteroatoms. The molecule has 5 aliphatic rings. The Morgan fingerprint density at radius 1 is 0.659 bits per heavy atom. The molecule has 0 amide bonds. The third-order valence-corrected chi connectivity index (χ3v) is 11.9. The Kier molecular flexibility index (Phi) is 11.6. The average Bonchev–Trinajstić information content (AvgIpc) is 3.65. The number of ether oxygens (including phenoxy) is 1. The second kappa shape index (κ2) is 15.4. The van der Waals surface area contributed by atoms with E-state index in [0.717, 1.165) is 67.1 Å². The van der Waals surface area contributed by atoms with Crippen LogP contribution in [0.3, 0.4) is 0 Å². The predicted molar refractivity (Wildman–Crippen MR) is 167 cm³/mol. The molecule has 0 aliphatic heterocycles. The molecule has 1 aromatic carbocycles. The minimum absolute atomic E-state index is 0.0289. The molecule has 5 fully saturated rings. The van der Waals surface area contributed by atoms with Crippen molar-refractivity contribution in [2.24, 2.45) is 41.4 Å². The Morgan fingerprint density at radius 2 is 1.17 bits per heavy atom. The molecule has 0 heterocycles. The molecular weight excluding hydrogens is 510 g/mol. The summed E-state index contributed by atoms with van der Waals surface area (Å²) in [7, 11) is 0. The van der Waals surface area contributed by atoms with Gasteiger partial charge in [-0.2, -0.15) is 4.39 Å². The number of halogens is 2. The normalized spacial score (nSPS) is 33.0. The third-order valence-electron chi connectivity index (χ3n) is 11.9. The molecule has 0 spiro atoms. The van der Waals surface area contributed by atoms with Gasteiger partial charge in [-0.3, -0.25) is 0 Å². The minimum Gasteiger partial charge on any atom is -0.491 e. The van der Waals surface area contributed by atoms with E-state index in [-0.39, 0.29) is 11.7 Å². The van der Waals surface area contributed by atoms with Crippen LogP contribution >= 0.6 is 0 Å². The largest absolute Gasteiger partial charge is 0.491 e. The third kappa shape index (κ3) is 8.60. The summed E-state index contributed by atoms with van der Waals surface area (Å²) in [4.78, 5) is 0. The molecule has 230 valence electrons. The van der Waals surface area contributed by atoms with Crippen LogP contribution in [0.15, 0.2) is 24.3 Å². The van der Waals surface area contributed by atoms with Gasteiger partial charge in [-0.25, -0.2) is 4.39 Å². The summed E-state index contributed by atoms with van der Waals surface area (Å²) in [5.74, 6) is 5.78. The fourth-order valence-corrected chi connectivity index (χ4v) is 9.26. The van der Waals surface area contributed by atoms with Gasteiger partial charge in [0.25, 0.3) is 0 Å². The maximum atomic E-state index is 14.2. The molecule has 5 aliphatic carbocycles. The lowest BCUT2D eigenvalue weighted by molar-refractivity contribution is 0.132. The van der Waals surface area contributed by atoms with Crippen LogP contribution in [0.25, 0.3) is 0 Å². The zero-order valence-electron chi connectivity index (χ0n) is 26.2. The van der Waals surface area contributed by atoms with Crippen molar-refractivity contribution in [3.05, 3.63) is 41.5 Å². The van der Waals surface area contributed by atoms with Crippen LogP contribution in [0.5, 0.6) is 5.75 Å². The standard InChI is InChI=1S/C20H34.C18H24F2O/c1-2-5-16-8-10-18(11-9-16)20-14-12-19(13-15-20)17-6-3-4-7-17;1-2-21-16-10-9-15(17(19)18(16)20)14-7-5-13(6-8-14)11-12-3-4-12/h2,5,16-20H,3-4,6-15H2,1H3;9-10,12-14H,2-8,11H2,1H3/b5-2+;. The first-order chi connectivity index (χ1) is 20.1. The van der Waals surface area contributed by atoms with Gasteiger partial charge in [0.2, 0.25) is 5.82 Å². The highest BCUT2D eigenvalue weighted by Gasteiger charge is 2.34. The Bertz CT molecular complexity index is 937. The van der Waals surface area contributed by atoms with E-state index in [4.69, 9.17) is 4.74 Å². The van der Waals surface area contributed by atoms with Crippen molar-refractivity contribution in [2.75, 3.05) is 6.61 Å². The van der Waals surface area contributed by atoms with E-state index in [0.29, 0.717) is 12.2 Å². The zero-order chi connectivity index (χ0) is 28.6. The van der Waals surface area contributed by atoms with Gasteiger partial charge in [0.15, 0.2) is 11.6 Å². The van der Waals surface area contributed by atoms with Crippen LogP contribution in [0, 0.1) is 53.1 Å². The highest BCUT2D eigenvalue weighted by Crippen LogP contribution is 2.46. The highest BCUT2D eigenvalue weighted by atomic mass is 19.2. The molecule has 0 aromatic heterocycles. The van der Waals surface area contributed by atoms with E-state index in [2.05, 4.69) is 19.1 Å². The Labute approximate surface area is 250 Å². The van der Waals surface area contributed by atoms with E-state index < -0.39 is 11.6 Å². The van der Waals surface area contributed by atoms with Gasteiger partial charge in [0, 0.05) is 0 Å². The van der Waals surface area contributed by atoms with Crippen molar-refractivity contribution < 1.29 is 13.5 Å². The molecular formula is C38H58F2O. The van der Waals surface area contributed by atoms with Crippen molar-refractivity contribution in [3.63, 3.8) is 0 Å². The zero-order valence-corrected chi connectivity index (χ0v) is 26.2. The van der Waals surface area contributed by atoms with Gasteiger partial charge >= 0.3 is 0 Å².